The molecule has 0 bridgehead atoms. The van der Waals surface area contributed by atoms with Gasteiger partial charge in [0.15, 0.2) is 0 Å². The molecule has 61 valence electrons. The Hall–Kier alpha value is 0. The molecule has 0 heterocycles. The van der Waals surface area contributed by atoms with Gasteiger partial charge in [-0.1, -0.05) is 53.4 Å². The van der Waals surface area contributed by atoms with Crippen molar-refractivity contribution in [1.82, 2.24) is 0 Å². The maximum absolute atomic E-state index is 4.05. The normalized spacial score (nSPS) is 14.1. The molecule has 0 aromatic carbocycles. The second-order valence-corrected chi connectivity index (χ2v) is 3.60. The Morgan fingerprint density at radius 2 is 1.80 bits per heavy atom. The zero-order chi connectivity index (χ0) is 7.98. The molecule has 1 atom stereocenters. The summed E-state index contributed by atoms with van der Waals surface area (Å²) >= 11 is 0. The van der Waals surface area contributed by atoms with Crippen molar-refractivity contribution in [2.75, 3.05) is 0 Å². The van der Waals surface area contributed by atoms with Crippen LogP contribution in [-0.2, 0) is 0 Å². The molecule has 0 nitrogen and oxygen atoms in total. The first-order chi connectivity index (χ1) is 4.66. The first-order valence-corrected chi connectivity index (χ1v) is 4.49. The van der Waals surface area contributed by atoms with E-state index in [0.29, 0.717) is 5.92 Å². The van der Waals surface area contributed by atoms with Crippen molar-refractivity contribution in [3.8, 4) is 0 Å². The summed E-state index contributed by atoms with van der Waals surface area (Å²) < 4.78 is 0. The lowest BCUT2D eigenvalue weighted by atomic mass is 9.98. The molecule has 0 saturated carbocycles. The Morgan fingerprint density at radius 1 is 1.20 bits per heavy atom. The van der Waals surface area contributed by atoms with Crippen LogP contribution in [0.1, 0.15) is 46.5 Å². The minimum absolute atomic E-state index is 0.693. The Kier molecular flexibility index (Phi) is 5.76. The SMILES string of the molecule is [CH2]C(CC)CCCC(C)C. The van der Waals surface area contributed by atoms with Crippen molar-refractivity contribution in [2.24, 2.45) is 11.8 Å². The Labute approximate surface area is 66.0 Å². The van der Waals surface area contributed by atoms with Crippen LogP contribution in [0.3, 0.4) is 0 Å². The average Bonchev–Trinajstić information content (AvgIpc) is 1.87. The van der Waals surface area contributed by atoms with E-state index in [0.717, 1.165) is 5.92 Å². The standard InChI is InChI=1S/C10H21/c1-5-10(4)8-6-7-9(2)3/h9-10H,4-8H2,1-3H3. The lowest BCUT2D eigenvalue weighted by Crippen LogP contribution is -1.94. The van der Waals surface area contributed by atoms with Gasteiger partial charge in [-0.05, 0) is 11.8 Å². The minimum atomic E-state index is 0.693. The fraction of sp³-hybridized carbons (Fsp3) is 0.900. The van der Waals surface area contributed by atoms with Crippen molar-refractivity contribution >= 4 is 0 Å². The second kappa shape index (κ2) is 5.76. The van der Waals surface area contributed by atoms with Crippen LogP contribution in [0.15, 0.2) is 0 Å². The highest BCUT2D eigenvalue weighted by atomic mass is 14.0. The van der Waals surface area contributed by atoms with Crippen LogP contribution in [0.4, 0.5) is 0 Å². The van der Waals surface area contributed by atoms with Gasteiger partial charge in [-0.15, -0.1) is 0 Å². The molecule has 10 heavy (non-hydrogen) atoms. The van der Waals surface area contributed by atoms with E-state index in [4.69, 9.17) is 0 Å². The van der Waals surface area contributed by atoms with E-state index in [1.54, 1.807) is 0 Å². The summed E-state index contributed by atoms with van der Waals surface area (Å²) in [5, 5.41) is 0. The van der Waals surface area contributed by atoms with Crippen molar-refractivity contribution in [3.05, 3.63) is 6.92 Å². The van der Waals surface area contributed by atoms with Crippen LogP contribution in [0.2, 0.25) is 0 Å². The molecule has 1 radical (unpaired) electrons. The summed E-state index contributed by atoms with van der Waals surface area (Å²) in [7, 11) is 0. The highest BCUT2D eigenvalue weighted by Crippen LogP contribution is 2.13. The number of hydrogen-bond donors (Lipinski definition) is 0. The summed E-state index contributed by atoms with van der Waals surface area (Å²) in [6, 6.07) is 0. The molecule has 0 N–H and O–H groups in total. The molecule has 0 saturated heterocycles. The molecule has 1 unspecified atom stereocenters. The first-order valence-electron chi connectivity index (χ1n) is 4.49. The van der Waals surface area contributed by atoms with E-state index < -0.39 is 0 Å². The van der Waals surface area contributed by atoms with Gasteiger partial charge in [0, 0.05) is 0 Å². The third kappa shape index (κ3) is 6.12. The summed E-state index contributed by atoms with van der Waals surface area (Å²) in [4.78, 5) is 0. The molecule has 0 aliphatic heterocycles. The van der Waals surface area contributed by atoms with Crippen LogP contribution in [0.25, 0.3) is 0 Å². The third-order valence-electron chi connectivity index (χ3n) is 1.97. The maximum Gasteiger partial charge on any atom is -0.0417 e. The van der Waals surface area contributed by atoms with Gasteiger partial charge < -0.3 is 0 Å². The molecule has 0 aromatic heterocycles. The van der Waals surface area contributed by atoms with Gasteiger partial charge >= 0.3 is 0 Å². The second-order valence-electron chi connectivity index (χ2n) is 3.60. The molecule has 0 spiro atoms. The Morgan fingerprint density at radius 3 is 2.20 bits per heavy atom. The van der Waals surface area contributed by atoms with Gasteiger partial charge in [0.2, 0.25) is 0 Å². The molecular formula is C10H21. The monoisotopic (exact) mass is 141 g/mol. The summed E-state index contributed by atoms with van der Waals surface area (Å²) in [5.74, 6) is 1.56. The molecule has 0 aliphatic carbocycles. The third-order valence-corrected chi connectivity index (χ3v) is 1.97. The van der Waals surface area contributed by atoms with Gasteiger partial charge in [0.1, 0.15) is 0 Å². The molecule has 0 heteroatoms. The fourth-order valence-electron chi connectivity index (χ4n) is 1.02. The zero-order valence-electron chi connectivity index (χ0n) is 7.69. The maximum atomic E-state index is 4.05. The summed E-state index contributed by atoms with van der Waals surface area (Å²) in [6.45, 7) is 10.8. The Bertz CT molecular complexity index is 64.4. The quantitative estimate of drug-likeness (QED) is 0.548. The van der Waals surface area contributed by atoms with Crippen LogP contribution < -0.4 is 0 Å². The van der Waals surface area contributed by atoms with Crippen LogP contribution in [0.5, 0.6) is 0 Å². The van der Waals surface area contributed by atoms with E-state index >= 15 is 0 Å². The summed E-state index contributed by atoms with van der Waals surface area (Å²) in [5.41, 5.74) is 0. The molecule has 0 aliphatic rings. The largest absolute Gasteiger partial charge is 0.0651 e. The van der Waals surface area contributed by atoms with Crippen molar-refractivity contribution in [3.63, 3.8) is 0 Å². The van der Waals surface area contributed by atoms with Crippen LogP contribution in [0, 0.1) is 18.8 Å². The average molecular weight is 141 g/mol. The van der Waals surface area contributed by atoms with Gasteiger partial charge in [0.05, 0.1) is 0 Å². The Balaban J connectivity index is 3.03. The van der Waals surface area contributed by atoms with Crippen LogP contribution in [-0.4, -0.2) is 0 Å². The van der Waals surface area contributed by atoms with Gasteiger partial charge in [-0.3, -0.25) is 0 Å². The highest BCUT2D eigenvalue weighted by Gasteiger charge is 1.99. The lowest BCUT2D eigenvalue weighted by Gasteiger charge is -2.08. The van der Waals surface area contributed by atoms with Crippen molar-refractivity contribution in [2.45, 2.75) is 46.5 Å². The van der Waals surface area contributed by atoms with Crippen molar-refractivity contribution < 1.29 is 0 Å². The molecular weight excluding hydrogens is 120 g/mol. The zero-order valence-corrected chi connectivity index (χ0v) is 7.69. The molecule has 0 rings (SSSR count). The molecule has 0 fully saturated rings. The highest BCUT2D eigenvalue weighted by molar-refractivity contribution is 4.59. The van der Waals surface area contributed by atoms with Gasteiger partial charge in [0.25, 0.3) is 0 Å². The number of hydrogen-bond acceptors (Lipinski definition) is 0. The van der Waals surface area contributed by atoms with E-state index in [9.17, 15) is 0 Å². The minimum Gasteiger partial charge on any atom is -0.0651 e. The lowest BCUT2D eigenvalue weighted by molar-refractivity contribution is 0.476. The predicted molar refractivity (Wildman–Crippen MR) is 47.8 cm³/mol. The van der Waals surface area contributed by atoms with Gasteiger partial charge in [-0.25, -0.2) is 0 Å². The van der Waals surface area contributed by atoms with E-state index in [1.807, 2.05) is 0 Å². The molecule has 0 amide bonds. The molecule has 0 aromatic rings. The topological polar surface area (TPSA) is 0 Å². The first kappa shape index (κ1) is 10.0. The fourth-order valence-corrected chi connectivity index (χ4v) is 1.02. The predicted octanol–water partition coefficient (Wildman–Crippen LogP) is 3.67. The van der Waals surface area contributed by atoms with Gasteiger partial charge in [-0.2, -0.15) is 0 Å². The van der Waals surface area contributed by atoms with E-state index in [1.165, 1.54) is 25.7 Å². The smallest absolute Gasteiger partial charge is 0.0417 e. The summed E-state index contributed by atoms with van der Waals surface area (Å²) in [6.07, 6.45) is 5.28. The van der Waals surface area contributed by atoms with E-state index in [-0.39, 0.29) is 0 Å². The van der Waals surface area contributed by atoms with Crippen LogP contribution >= 0.6 is 0 Å². The van der Waals surface area contributed by atoms with Crippen molar-refractivity contribution in [1.29, 1.82) is 0 Å². The van der Waals surface area contributed by atoms with E-state index in [2.05, 4.69) is 27.7 Å². The number of rotatable bonds is 5.